The van der Waals surface area contributed by atoms with Gasteiger partial charge in [-0.2, -0.15) is 0 Å². The largest absolute Gasteiger partial charge is 0.342 e. The van der Waals surface area contributed by atoms with Crippen molar-refractivity contribution in [1.82, 2.24) is 9.47 Å². The molecule has 1 aromatic heterocycles. The van der Waals surface area contributed by atoms with E-state index >= 15 is 0 Å². The Morgan fingerprint density at radius 3 is 2.72 bits per heavy atom. The Morgan fingerprint density at radius 2 is 2.04 bits per heavy atom. The van der Waals surface area contributed by atoms with Gasteiger partial charge < -0.3 is 9.47 Å². The lowest BCUT2D eigenvalue weighted by Gasteiger charge is -2.17. The first-order valence-corrected chi connectivity index (χ1v) is 9.65. The van der Waals surface area contributed by atoms with Crippen LogP contribution in [0, 0.1) is 5.82 Å². The van der Waals surface area contributed by atoms with Gasteiger partial charge in [-0.1, -0.05) is 11.6 Å². The summed E-state index contributed by atoms with van der Waals surface area (Å²) in [6.07, 6.45) is 2.20. The fraction of sp³-hybridized carbons (Fsp3) is 0.312. The van der Waals surface area contributed by atoms with Gasteiger partial charge >= 0.3 is 0 Å². The standard InChI is InChI=1S/C16H17ClFN3O3S/c1-2-20-6-3-7-21-10-12(9-15(21)16(20)22)25(23,24)19-11-4-5-14(18)13(17)8-11/h4-5,8-10,19H,2-3,6-7H2,1H3. The van der Waals surface area contributed by atoms with Crippen molar-refractivity contribution in [3.8, 4) is 0 Å². The summed E-state index contributed by atoms with van der Waals surface area (Å²) in [6, 6.07) is 4.92. The van der Waals surface area contributed by atoms with Gasteiger partial charge in [-0.25, -0.2) is 12.8 Å². The molecule has 1 aromatic carbocycles. The predicted octanol–water partition coefficient (Wildman–Crippen LogP) is 2.95. The molecule has 0 fully saturated rings. The van der Waals surface area contributed by atoms with E-state index in [-0.39, 0.29) is 21.5 Å². The van der Waals surface area contributed by atoms with E-state index in [1.165, 1.54) is 24.4 Å². The number of carbonyl (C=O) groups is 1. The minimum absolute atomic E-state index is 0.0192. The molecule has 2 heterocycles. The summed E-state index contributed by atoms with van der Waals surface area (Å²) in [7, 11) is -3.92. The summed E-state index contributed by atoms with van der Waals surface area (Å²) in [4.78, 5) is 14.1. The lowest BCUT2D eigenvalue weighted by Crippen LogP contribution is -2.30. The van der Waals surface area contributed by atoms with Crippen molar-refractivity contribution in [3.63, 3.8) is 0 Å². The lowest BCUT2D eigenvalue weighted by molar-refractivity contribution is 0.0766. The van der Waals surface area contributed by atoms with Crippen LogP contribution in [0.4, 0.5) is 10.1 Å². The molecule has 1 aliphatic rings. The van der Waals surface area contributed by atoms with Crippen molar-refractivity contribution in [2.24, 2.45) is 0 Å². The Morgan fingerprint density at radius 1 is 1.28 bits per heavy atom. The zero-order valence-corrected chi connectivity index (χ0v) is 15.1. The second-order valence-corrected chi connectivity index (χ2v) is 7.82. The van der Waals surface area contributed by atoms with Crippen LogP contribution in [0.1, 0.15) is 23.8 Å². The second-order valence-electron chi connectivity index (χ2n) is 5.73. The zero-order chi connectivity index (χ0) is 18.2. The van der Waals surface area contributed by atoms with E-state index < -0.39 is 15.8 Å². The average Bonchev–Trinajstić information content (AvgIpc) is 2.93. The molecule has 0 bridgehead atoms. The monoisotopic (exact) mass is 385 g/mol. The van der Waals surface area contributed by atoms with Crippen LogP contribution in [0.2, 0.25) is 5.02 Å². The molecule has 0 aliphatic carbocycles. The van der Waals surface area contributed by atoms with Crippen LogP contribution in [-0.4, -0.2) is 36.9 Å². The number of sulfonamides is 1. The molecule has 134 valence electrons. The van der Waals surface area contributed by atoms with Crippen molar-refractivity contribution in [3.05, 3.63) is 47.0 Å². The van der Waals surface area contributed by atoms with Crippen LogP contribution in [0.15, 0.2) is 35.4 Å². The second kappa shape index (κ2) is 6.68. The van der Waals surface area contributed by atoms with Crippen molar-refractivity contribution in [1.29, 1.82) is 0 Å². The first kappa shape index (κ1) is 17.8. The van der Waals surface area contributed by atoms with Gasteiger partial charge in [-0.05, 0) is 37.6 Å². The van der Waals surface area contributed by atoms with Gasteiger partial charge in [-0.3, -0.25) is 9.52 Å². The molecule has 0 atom stereocenters. The molecule has 1 N–H and O–H groups in total. The normalized spacial score (nSPS) is 15.0. The minimum atomic E-state index is -3.92. The number of aryl methyl sites for hydroxylation is 1. The molecule has 0 unspecified atom stereocenters. The van der Waals surface area contributed by atoms with Gasteiger partial charge in [0.05, 0.1) is 10.7 Å². The van der Waals surface area contributed by atoms with E-state index in [1.807, 2.05) is 6.92 Å². The molecule has 3 rings (SSSR count). The first-order chi connectivity index (χ1) is 11.8. The van der Waals surface area contributed by atoms with Gasteiger partial charge in [-0.15, -0.1) is 0 Å². The Bertz CT molecular complexity index is 927. The quantitative estimate of drug-likeness (QED) is 0.879. The van der Waals surface area contributed by atoms with E-state index in [0.29, 0.717) is 25.3 Å². The number of hydrogen-bond acceptors (Lipinski definition) is 3. The maximum Gasteiger partial charge on any atom is 0.270 e. The summed E-state index contributed by atoms with van der Waals surface area (Å²) in [5, 5.41) is -0.179. The highest BCUT2D eigenvalue weighted by Crippen LogP contribution is 2.24. The number of fused-ring (bicyclic) bond motifs is 1. The van der Waals surface area contributed by atoms with Crippen LogP contribution >= 0.6 is 11.6 Å². The van der Waals surface area contributed by atoms with Crippen molar-refractivity contribution in [2.45, 2.75) is 24.8 Å². The number of carbonyl (C=O) groups excluding carboxylic acids is 1. The minimum Gasteiger partial charge on any atom is -0.342 e. The maximum absolute atomic E-state index is 13.2. The van der Waals surface area contributed by atoms with Crippen LogP contribution in [-0.2, 0) is 16.6 Å². The average molecular weight is 386 g/mol. The van der Waals surface area contributed by atoms with Crippen LogP contribution < -0.4 is 4.72 Å². The number of amides is 1. The number of hydrogen-bond donors (Lipinski definition) is 1. The van der Waals surface area contributed by atoms with Crippen molar-refractivity contribution < 1.29 is 17.6 Å². The summed E-state index contributed by atoms with van der Waals surface area (Å²) in [6.45, 7) is 3.66. The third-order valence-corrected chi connectivity index (χ3v) is 5.71. The lowest BCUT2D eigenvalue weighted by atomic mass is 10.3. The molecule has 1 aliphatic heterocycles. The SMILES string of the molecule is CCN1CCCn2cc(S(=O)(=O)Nc3ccc(F)c(Cl)c3)cc2C1=O. The summed E-state index contributed by atoms with van der Waals surface area (Å²) < 4.78 is 42.4. The fourth-order valence-electron chi connectivity index (χ4n) is 2.77. The summed E-state index contributed by atoms with van der Waals surface area (Å²) in [5.41, 5.74) is 0.492. The van der Waals surface area contributed by atoms with E-state index in [4.69, 9.17) is 11.6 Å². The molecule has 0 spiro atoms. The smallest absolute Gasteiger partial charge is 0.270 e. The van der Waals surface area contributed by atoms with Gasteiger partial charge in [0, 0.05) is 25.8 Å². The number of nitrogens with zero attached hydrogens (tertiary/aromatic N) is 2. The highest BCUT2D eigenvalue weighted by Gasteiger charge is 2.26. The molecule has 0 radical (unpaired) electrons. The van der Waals surface area contributed by atoms with Crippen LogP contribution in [0.25, 0.3) is 0 Å². The highest BCUT2D eigenvalue weighted by molar-refractivity contribution is 7.92. The molecule has 25 heavy (non-hydrogen) atoms. The Kier molecular flexibility index (Phi) is 4.75. The molecule has 2 aromatic rings. The number of benzene rings is 1. The molecule has 1 amide bonds. The topological polar surface area (TPSA) is 71.4 Å². The molecule has 9 heteroatoms. The molecule has 0 saturated carbocycles. The number of anilines is 1. The first-order valence-electron chi connectivity index (χ1n) is 7.79. The predicted molar refractivity (Wildman–Crippen MR) is 92.8 cm³/mol. The highest BCUT2D eigenvalue weighted by atomic mass is 35.5. The van der Waals surface area contributed by atoms with Gasteiger partial charge in [0.2, 0.25) is 0 Å². The van der Waals surface area contributed by atoms with Crippen LogP contribution in [0.3, 0.4) is 0 Å². The van der Waals surface area contributed by atoms with Gasteiger partial charge in [0.15, 0.2) is 0 Å². The molecule has 6 nitrogen and oxygen atoms in total. The number of rotatable bonds is 4. The van der Waals surface area contributed by atoms with Crippen LogP contribution in [0.5, 0.6) is 0 Å². The number of halogens is 2. The maximum atomic E-state index is 13.2. The number of nitrogens with one attached hydrogen (secondary N) is 1. The van der Waals surface area contributed by atoms with E-state index in [2.05, 4.69) is 4.72 Å². The van der Waals surface area contributed by atoms with Gasteiger partial charge in [0.25, 0.3) is 15.9 Å². The third-order valence-electron chi connectivity index (χ3n) is 4.07. The van der Waals surface area contributed by atoms with E-state index in [0.717, 1.165) is 12.5 Å². The zero-order valence-electron chi connectivity index (χ0n) is 13.5. The molecule has 0 saturated heterocycles. The Labute approximate surface area is 150 Å². The van der Waals surface area contributed by atoms with Gasteiger partial charge in [0.1, 0.15) is 16.4 Å². The summed E-state index contributed by atoms with van der Waals surface area (Å²) >= 11 is 5.68. The van der Waals surface area contributed by atoms with Crippen molar-refractivity contribution >= 4 is 33.2 Å². The van der Waals surface area contributed by atoms with E-state index in [9.17, 15) is 17.6 Å². The van der Waals surface area contributed by atoms with E-state index in [1.54, 1.807) is 9.47 Å². The Hall–Kier alpha value is -2.06. The van der Waals surface area contributed by atoms with Crippen molar-refractivity contribution in [2.75, 3.05) is 17.8 Å². The Balaban J connectivity index is 1.92. The fourth-order valence-corrected chi connectivity index (χ4v) is 4.03. The summed E-state index contributed by atoms with van der Waals surface area (Å²) in [5.74, 6) is -0.822. The molecular formula is C16H17ClFN3O3S. The molecular weight excluding hydrogens is 369 g/mol. The third kappa shape index (κ3) is 3.50. The number of aromatic nitrogens is 1.